The highest BCUT2D eigenvalue weighted by Gasteiger charge is 2.39. The van der Waals surface area contributed by atoms with E-state index in [1.807, 2.05) is 0 Å². The summed E-state index contributed by atoms with van der Waals surface area (Å²) in [7, 11) is 0. The second-order valence-corrected chi connectivity index (χ2v) is 30.1. The highest BCUT2D eigenvalue weighted by molar-refractivity contribution is 6.14. The van der Waals surface area contributed by atoms with Gasteiger partial charge in [-0.15, -0.1) is 0 Å². The first kappa shape index (κ1) is 58.5. The van der Waals surface area contributed by atoms with Gasteiger partial charge in [-0.1, -0.05) is 242 Å². The van der Waals surface area contributed by atoms with Gasteiger partial charge < -0.3 is 13.7 Å². The zero-order valence-electron chi connectivity index (χ0n) is 57.7. The molecule has 0 atom stereocenters. The second-order valence-electron chi connectivity index (χ2n) is 30.1. The maximum atomic E-state index is 5.67. The molecule has 5 nitrogen and oxygen atoms in total. The third-order valence-corrected chi connectivity index (χ3v) is 23.4. The van der Waals surface area contributed by atoms with E-state index in [0.717, 1.165) is 72.7 Å². The Balaban J connectivity index is 0.712. The van der Waals surface area contributed by atoms with Crippen LogP contribution < -0.4 is 0 Å². The second kappa shape index (κ2) is 21.3. The Morgan fingerprint density at radius 2 is 0.539 bits per heavy atom. The van der Waals surface area contributed by atoms with Crippen LogP contribution in [-0.4, -0.2) is 23.7 Å². The average molecular weight is 1300 g/mol. The number of aromatic nitrogens is 5. The van der Waals surface area contributed by atoms with E-state index in [2.05, 4.69) is 365 Å². The minimum Gasteiger partial charge on any atom is -0.309 e. The summed E-state index contributed by atoms with van der Waals surface area (Å²) in [5, 5.41) is 7.31. The van der Waals surface area contributed by atoms with Gasteiger partial charge >= 0.3 is 0 Å². The number of para-hydroxylation sites is 3. The van der Waals surface area contributed by atoms with Crippen LogP contribution in [0.1, 0.15) is 74.9 Å². The molecule has 18 aromatic rings. The van der Waals surface area contributed by atoms with E-state index < -0.39 is 0 Å². The summed E-state index contributed by atoms with van der Waals surface area (Å²) in [6.45, 7) is 14.2. The summed E-state index contributed by atoms with van der Waals surface area (Å²) >= 11 is 0. The van der Waals surface area contributed by atoms with Crippen molar-refractivity contribution in [1.29, 1.82) is 0 Å². The molecular formula is C97H69N5. The Labute approximate surface area is 592 Å². The monoisotopic (exact) mass is 1300 g/mol. The highest BCUT2D eigenvalue weighted by Crippen LogP contribution is 2.54. The van der Waals surface area contributed by atoms with Crippen LogP contribution in [0.2, 0.25) is 0 Å². The molecule has 0 unspecified atom stereocenters. The summed E-state index contributed by atoms with van der Waals surface area (Å²) in [4.78, 5) is 11.3. The number of fused-ring (bicyclic) bond motifs is 18. The predicted octanol–water partition coefficient (Wildman–Crippen LogP) is 25.0. The van der Waals surface area contributed by atoms with E-state index >= 15 is 0 Å². The molecule has 4 heterocycles. The molecule has 0 aliphatic heterocycles. The molecule has 5 heteroatoms. The molecule has 482 valence electrons. The summed E-state index contributed by atoms with van der Waals surface area (Å²) < 4.78 is 7.30. The third-order valence-electron chi connectivity index (χ3n) is 23.4. The van der Waals surface area contributed by atoms with Gasteiger partial charge in [0.25, 0.3) is 0 Å². The minimum absolute atomic E-state index is 0.0947. The van der Waals surface area contributed by atoms with Crippen LogP contribution in [0.15, 0.2) is 309 Å². The molecule has 0 N–H and O–H groups in total. The van der Waals surface area contributed by atoms with Crippen LogP contribution in [0, 0.1) is 0 Å². The number of rotatable bonds is 8. The lowest BCUT2D eigenvalue weighted by molar-refractivity contribution is 0.660. The molecule has 3 aliphatic carbocycles. The first-order chi connectivity index (χ1) is 49.8. The molecule has 102 heavy (non-hydrogen) atoms. The normalized spacial score (nSPS) is 14.2. The van der Waals surface area contributed by atoms with Gasteiger partial charge in [-0.3, -0.25) is 0 Å². The minimum atomic E-state index is -0.130. The van der Waals surface area contributed by atoms with E-state index in [1.54, 1.807) is 0 Å². The molecular weight excluding hydrogens is 1240 g/mol. The predicted molar refractivity (Wildman–Crippen MR) is 425 cm³/mol. The van der Waals surface area contributed by atoms with Crippen molar-refractivity contribution in [3.05, 3.63) is 343 Å². The van der Waals surface area contributed by atoms with Crippen LogP contribution in [-0.2, 0) is 16.2 Å². The van der Waals surface area contributed by atoms with Crippen molar-refractivity contribution in [2.24, 2.45) is 0 Å². The lowest BCUT2D eigenvalue weighted by Gasteiger charge is -2.22. The van der Waals surface area contributed by atoms with E-state index in [-0.39, 0.29) is 16.2 Å². The summed E-state index contributed by atoms with van der Waals surface area (Å²) in [5.41, 5.74) is 35.3. The average Bonchev–Trinajstić information content (AvgIpc) is 1.55. The van der Waals surface area contributed by atoms with Crippen molar-refractivity contribution >= 4 is 65.4 Å². The quantitative estimate of drug-likeness (QED) is 0.152. The van der Waals surface area contributed by atoms with E-state index in [9.17, 15) is 0 Å². The Kier molecular flexibility index (Phi) is 12.2. The topological polar surface area (TPSA) is 40.6 Å². The largest absolute Gasteiger partial charge is 0.309 e. The van der Waals surface area contributed by atoms with Gasteiger partial charge in [-0.05, 0) is 198 Å². The Bertz CT molecular complexity index is 6390. The maximum Gasteiger partial charge on any atom is 0.160 e. The van der Waals surface area contributed by atoms with Crippen LogP contribution in [0.25, 0.3) is 172 Å². The summed E-state index contributed by atoms with van der Waals surface area (Å²) in [6.07, 6.45) is 0. The molecule has 4 aromatic heterocycles. The van der Waals surface area contributed by atoms with Gasteiger partial charge in [-0.25, -0.2) is 9.97 Å². The molecule has 14 aromatic carbocycles. The standard InChI is InChI=1S/C97H69N5/c1-95(2)80-34-13-7-28-68(80)71-44-40-60(53-83(71)95)58-42-46-91-77(51-58)73-31-10-16-37-88(73)100(91)65-25-19-22-62(48-65)86-57-87(99-94(98-86)64-24-21-27-67(50-64)102-90-39-18-12-33-75(90)79-55-85-76(56-93(79)102)70-30-9-15-36-82(70)97(85,5)6)63-23-20-26-66(49-63)101-89-38-17-11-32-74(89)78-52-59(43-47-92(78)101)61-41-45-72-69-29-8-14-35-81(69)96(3,4)84(72)54-61/h7-57H,1-6H3. The van der Waals surface area contributed by atoms with Crippen molar-refractivity contribution in [3.63, 3.8) is 0 Å². The fraction of sp³-hybridized carbons (Fsp3) is 0.0928. The van der Waals surface area contributed by atoms with Crippen molar-refractivity contribution in [2.75, 3.05) is 0 Å². The Morgan fingerprint density at radius 1 is 0.206 bits per heavy atom. The molecule has 0 radical (unpaired) electrons. The number of hydrogen-bond acceptors (Lipinski definition) is 2. The van der Waals surface area contributed by atoms with Gasteiger partial charge in [0.05, 0.1) is 44.5 Å². The van der Waals surface area contributed by atoms with Crippen LogP contribution in [0.4, 0.5) is 0 Å². The molecule has 0 saturated heterocycles. The fourth-order valence-corrected chi connectivity index (χ4v) is 18.3. The van der Waals surface area contributed by atoms with Crippen LogP contribution in [0.3, 0.4) is 0 Å². The van der Waals surface area contributed by atoms with E-state index in [4.69, 9.17) is 9.97 Å². The molecule has 0 fully saturated rings. The van der Waals surface area contributed by atoms with Crippen LogP contribution >= 0.6 is 0 Å². The Morgan fingerprint density at radius 3 is 1.00 bits per heavy atom. The zero-order valence-corrected chi connectivity index (χ0v) is 57.7. The van der Waals surface area contributed by atoms with Gasteiger partial charge in [-0.2, -0.15) is 0 Å². The number of nitrogens with zero attached hydrogens (tertiary/aromatic N) is 5. The first-order valence-electron chi connectivity index (χ1n) is 35.8. The fourth-order valence-electron chi connectivity index (χ4n) is 18.3. The smallest absolute Gasteiger partial charge is 0.160 e. The number of hydrogen-bond donors (Lipinski definition) is 0. The SMILES string of the molecule is CC1(C)c2ccccc2-c2ccc(-c3ccc4c(c3)c3ccccc3n4-c3cccc(-c4cc(-c5cccc(-n6c7ccccc7c7cc(-c8ccc9c(c8)C(C)(C)c8ccccc8-9)ccc76)c5)nc(-c5cccc(-n6c7ccccc7c7cc8c(cc76)-c6ccccc6C8(C)C)c5)n4)c3)cc21. The van der Waals surface area contributed by atoms with Gasteiger partial charge in [0.15, 0.2) is 5.82 Å². The molecule has 0 bridgehead atoms. The third kappa shape index (κ3) is 8.39. The van der Waals surface area contributed by atoms with Crippen molar-refractivity contribution in [3.8, 4) is 107 Å². The van der Waals surface area contributed by atoms with Crippen molar-refractivity contribution in [1.82, 2.24) is 23.7 Å². The van der Waals surface area contributed by atoms with Crippen LogP contribution in [0.5, 0.6) is 0 Å². The molecule has 21 rings (SSSR count). The van der Waals surface area contributed by atoms with Gasteiger partial charge in [0.2, 0.25) is 0 Å². The van der Waals surface area contributed by atoms with E-state index in [1.165, 1.54) is 127 Å². The lowest BCUT2D eigenvalue weighted by atomic mass is 9.81. The molecule has 0 saturated carbocycles. The van der Waals surface area contributed by atoms with Gasteiger partial charge in [0.1, 0.15) is 0 Å². The summed E-state index contributed by atoms with van der Waals surface area (Å²) in [5.74, 6) is 0.643. The lowest BCUT2D eigenvalue weighted by Crippen LogP contribution is -2.14. The maximum absolute atomic E-state index is 5.67. The van der Waals surface area contributed by atoms with Crippen molar-refractivity contribution < 1.29 is 0 Å². The molecule has 0 spiro atoms. The molecule has 3 aliphatic rings. The van der Waals surface area contributed by atoms with Crippen molar-refractivity contribution in [2.45, 2.75) is 57.8 Å². The number of benzene rings is 14. The highest BCUT2D eigenvalue weighted by atomic mass is 15.0. The summed E-state index contributed by atoms with van der Waals surface area (Å²) in [6, 6.07) is 115. The van der Waals surface area contributed by atoms with E-state index in [0.29, 0.717) is 5.82 Å². The van der Waals surface area contributed by atoms with Gasteiger partial charge in [0, 0.05) is 82.3 Å². The Hall–Kier alpha value is -12.4. The first-order valence-corrected chi connectivity index (χ1v) is 35.8. The molecule has 0 amide bonds. The zero-order chi connectivity index (χ0) is 68.1.